The molecule has 1 aliphatic rings. The molecule has 0 saturated carbocycles. The Labute approximate surface area is 111 Å². The van der Waals surface area contributed by atoms with Gasteiger partial charge in [-0.2, -0.15) is 5.10 Å². The van der Waals surface area contributed by atoms with Gasteiger partial charge in [0.1, 0.15) is 5.69 Å². The van der Waals surface area contributed by atoms with Crippen LogP contribution in [0.5, 0.6) is 0 Å². The fourth-order valence-corrected chi connectivity index (χ4v) is 2.33. The SMILES string of the molecule is Cn1nccc1C(=O)NCc1ccc2c(c1)CNC2. The average molecular weight is 256 g/mol. The van der Waals surface area contributed by atoms with Crippen LogP contribution < -0.4 is 10.6 Å². The Bertz CT molecular complexity index is 618. The summed E-state index contributed by atoms with van der Waals surface area (Å²) in [5, 5.41) is 10.2. The molecule has 0 unspecified atom stereocenters. The highest BCUT2D eigenvalue weighted by Gasteiger charge is 2.12. The molecular weight excluding hydrogens is 240 g/mol. The standard InChI is InChI=1S/C14H16N4O/c1-18-13(4-5-17-18)14(19)16-7-10-2-3-11-8-15-9-12(11)6-10/h2-6,15H,7-9H2,1H3,(H,16,19). The first kappa shape index (κ1) is 11.9. The summed E-state index contributed by atoms with van der Waals surface area (Å²) in [7, 11) is 1.76. The zero-order valence-electron chi connectivity index (χ0n) is 10.8. The lowest BCUT2D eigenvalue weighted by molar-refractivity contribution is 0.0941. The van der Waals surface area contributed by atoms with E-state index in [0.717, 1.165) is 18.7 Å². The van der Waals surface area contributed by atoms with Crippen LogP contribution in [0.3, 0.4) is 0 Å². The Morgan fingerprint density at radius 1 is 1.37 bits per heavy atom. The highest BCUT2D eigenvalue weighted by atomic mass is 16.2. The minimum Gasteiger partial charge on any atom is -0.347 e. The van der Waals surface area contributed by atoms with E-state index in [4.69, 9.17) is 0 Å². The number of carbonyl (C=O) groups is 1. The predicted octanol–water partition coefficient (Wildman–Crippen LogP) is 0.953. The molecule has 5 nitrogen and oxygen atoms in total. The maximum atomic E-state index is 11.9. The molecule has 0 radical (unpaired) electrons. The summed E-state index contributed by atoms with van der Waals surface area (Å²) in [6.45, 7) is 2.40. The van der Waals surface area contributed by atoms with Gasteiger partial charge < -0.3 is 10.6 Å². The molecular formula is C14H16N4O. The van der Waals surface area contributed by atoms with Gasteiger partial charge in [0, 0.05) is 32.9 Å². The van der Waals surface area contributed by atoms with Crippen molar-refractivity contribution >= 4 is 5.91 Å². The molecule has 2 N–H and O–H groups in total. The fourth-order valence-electron chi connectivity index (χ4n) is 2.33. The number of benzene rings is 1. The van der Waals surface area contributed by atoms with Gasteiger partial charge in [-0.05, 0) is 22.8 Å². The van der Waals surface area contributed by atoms with Crippen molar-refractivity contribution in [2.75, 3.05) is 0 Å². The van der Waals surface area contributed by atoms with E-state index in [0.29, 0.717) is 12.2 Å². The zero-order chi connectivity index (χ0) is 13.2. The molecule has 1 aromatic heterocycles. The van der Waals surface area contributed by atoms with Crippen LogP contribution in [-0.2, 0) is 26.7 Å². The van der Waals surface area contributed by atoms with Crippen molar-refractivity contribution in [1.82, 2.24) is 20.4 Å². The van der Waals surface area contributed by atoms with Crippen LogP contribution in [0.2, 0.25) is 0 Å². The number of aromatic nitrogens is 2. The van der Waals surface area contributed by atoms with E-state index in [2.05, 4.69) is 33.9 Å². The monoisotopic (exact) mass is 256 g/mol. The van der Waals surface area contributed by atoms with E-state index in [-0.39, 0.29) is 5.91 Å². The highest BCUT2D eigenvalue weighted by Crippen LogP contribution is 2.16. The molecule has 3 rings (SSSR count). The molecule has 2 heterocycles. The van der Waals surface area contributed by atoms with Crippen molar-refractivity contribution in [2.24, 2.45) is 7.05 Å². The largest absolute Gasteiger partial charge is 0.347 e. The van der Waals surface area contributed by atoms with Crippen LogP contribution in [0.1, 0.15) is 27.2 Å². The number of fused-ring (bicyclic) bond motifs is 1. The fraction of sp³-hybridized carbons (Fsp3) is 0.286. The van der Waals surface area contributed by atoms with Gasteiger partial charge in [-0.1, -0.05) is 18.2 Å². The lowest BCUT2D eigenvalue weighted by atomic mass is 10.1. The number of hydrogen-bond donors (Lipinski definition) is 2. The van der Waals surface area contributed by atoms with Gasteiger partial charge in [0.15, 0.2) is 0 Å². The lowest BCUT2D eigenvalue weighted by Crippen LogP contribution is -2.25. The second-order valence-corrected chi connectivity index (χ2v) is 4.73. The van der Waals surface area contributed by atoms with E-state index in [9.17, 15) is 4.79 Å². The summed E-state index contributed by atoms with van der Waals surface area (Å²) in [5.74, 6) is -0.0985. The van der Waals surface area contributed by atoms with Crippen molar-refractivity contribution in [3.63, 3.8) is 0 Å². The number of nitrogens with zero attached hydrogens (tertiary/aromatic N) is 2. The van der Waals surface area contributed by atoms with Crippen molar-refractivity contribution in [2.45, 2.75) is 19.6 Å². The number of aryl methyl sites for hydroxylation is 1. The summed E-state index contributed by atoms with van der Waals surface area (Å²) in [6, 6.07) is 8.05. The number of nitrogens with one attached hydrogen (secondary N) is 2. The number of carbonyl (C=O) groups excluding carboxylic acids is 1. The van der Waals surface area contributed by atoms with Gasteiger partial charge in [0.05, 0.1) is 0 Å². The third-order valence-corrected chi connectivity index (χ3v) is 3.41. The Balaban J connectivity index is 1.66. The first-order valence-corrected chi connectivity index (χ1v) is 6.31. The predicted molar refractivity (Wildman–Crippen MR) is 71.4 cm³/mol. The van der Waals surface area contributed by atoms with Gasteiger partial charge >= 0.3 is 0 Å². The van der Waals surface area contributed by atoms with E-state index in [1.54, 1.807) is 24.0 Å². The van der Waals surface area contributed by atoms with Crippen molar-refractivity contribution in [3.8, 4) is 0 Å². The second-order valence-electron chi connectivity index (χ2n) is 4.73. The van der Waals surface area contributed by atoms with Crippen LogP contribution >= 0.6 is 0 Å². The van der Waals surface area contributed by atoms with E-state index >= 15 is 0 Å². The number of rotatable bonds is 3. The third-order valence-electron chi connectivity index (χ3n) is 3.41. The van der Waals surface area contributed by atoms with Crippen molar-refractivity contribution in [3.05, 3.63) is 52.8 Å². The summed E-state index contributed by atoms with van der Waals surface area (Å²) in [4.78, 5) is 11.9. The molecule has 5 heteroatoms. The van der Waals surface area contributed by atoms with Gasteiger partial charge in [-0.15, -0.1) is 0 Å². The summed E-state index contributed by atoms with van der Waals surface area (Å²) < 4.78 is 1.57. The molecule has 0 saturated heterocycles. The lowest BCUT2D eigenvalue weighted by Gasteiger charge is -2.07. The second kappa shape index (κ2) is 4.85. The van der Waals surface area contributed by atoms with Crippen LogP contribution in [0.4, 0.5) is 0 Å². The van der Waals surface area contributed by atoms with Gasteiger partial charge in [-0.25, -0.2) is 0 Å². The van der Waals surface area contributed by atoms with Crippen LogP contribution in [0.25, 0.3) is 0 Å². The third kappa shape index (κ3) is 2.37. The zero-order valence-corrected chi connectivity index (χ0v) is 10.8. The molecule has 0 aliphatic carbocycles. The summed E-state index contributed by atoms with van der Waals surface area (Å²) in [5.41, 5.74) is 4.37. The number of amides is 1. The smallest absolute Gasteiger partial charge is 0.269 e. The van der Waals surface area contributed by atoms with Crippen molar-refractivity contribution < 1.29 is 4.79 Å². The van der Waals surface area contributed by atoms with Crippen LogP contribution in [-0.4, -0.2) is 15.7 Å². The van der Waals surface area contributed by atoms with E-state index in [1.165, 1.54) is 11.1 Å². The Hall–Kier alpha value is -2.14. The normalized spacial score (nSPS) is 13.3. The quantitative estimate of drug-likeness (QED) is 0.859. The average Bonchev–Trinajstić information content (AvgIpc) is 3.03. The van der Waals surface area contributed by atoms with E-state index in [1.807, 2.05) is 0 Å². The molecule has 1 amide bonds. The first-order valence-electron chi connectivity index (χ1n) is 6.31. The van der Waals surface area contributed by atoms with Crippen molar-refractivity contribution in [1.29, 1.82) is 0 Å². The Kier molecular flexibility index (Phi) is 3.05. The topological polar surface area (TPSA) is 59.0 Å². The van der Waals surface area contributed by atoms with E-state index < -0.39 is 0 Å². The minimum atomic E-state index is -0.0985. The van der Waals surface area contributed by atoms with Gasteiger partial charge in [0.25, 0.3) is 5.91 Å². The molecule has 2 aromatic rings. The molecule has 1 aliphatic heterocycles. The minimum absolute atomic E-state index is 0.0985. The maximum Gasteiger partial charge on any atom is 0.269 e. The summed E-state index contributed by atoms with van der Waals surface area (Å²) in [6.07, 6.45) is 1.62. The molecule has 0 spiro atoms. The molecule has 0 atom stereocenters. The molecule has 0 fully saturated rings. The van der Waals surface area contributed by atoms with Crippen LogP contribution in [0, 0.1) is 0 Å². The summed E-state index contributed by atoms with van der Waals surface area (Å²) >= 11 is 0. The Morgan fingerprint density at radius 2 is 2.21 bits per heavy atom. The molecule has 1 aromatic carbocycles. The Morgan fingerprint density at radius 3 is 3.00 bits per heavy atom. The first-order chi connectivity index (χ1) is 9.24. The highest BCUT2D eigenvalue weighted by molar-refractivity contribution is 5.92. The van der Waals surface area contributed by atoms with Gasteiger partial charge in [-0.3, -0.25) is 9.48 Å². The van der Waals surface area contributed by atoms with Gasteiger partial charge in [0.2, 0.25) is 0 Å². The molecule has 98 valence electrons. The molecule has 0 bridgehead atoms. The number of hydrogen-bond acceptors (Lipinski definition) is 3. The van der Waals surface area contributed by atoms with Crippen LogP contribution in [0.15, 0.2) is 30.5 Å². The maximum absolute atomic E-state index is 11.9. The molecule has 19 heavy (non-hydrogen) atoms.